The molecule has 0 radical (unpaired) electrons. The maximum Gasteiger partial charge on any atom is 0.213 e. The number of nitrogens with zero attached hydrogens (tertiary/aromatic N) is 5. The summed E-state index contributed by atoms with van der Waals surface area (Å²) in [6.07, 6.45) is 1.75. The van der Waals surface area contributed by atoms with Crippen LogP contribution in [0.1, 0.15) is 5.69 Å². The van der Waals surface area contributed by atoms with E-state index in [0.29, 0.717) is 10.8 Å². The summed E-state index contributed by atoms with van der Waals surface area (Å²) in [5.41, 5.74) is 4.56. The van der Waals surface area contributed by atoms with E-state index in [-0.39, 0.29) is 0 Å². The van der Waals surface area contributed by atoms with Crippen molar-refractivity contribution in [1.82, 2.24) is 24.6 Å². The molecule has 5 nitrogen and oxygen atoms in total. The minimum absolute atomic E-state index is 0.669. The molecular formula is C19H12ClN5S. The summed E-state index contributed by atoms with van der Waals surface area (Å²) in [6, 6.07) is 13.7. The summed E-state index contributed by atoms with van der Waals surface area (Å²) in [4.78, 5) is 14.4. The highest BCUT2D eigenvalue weighted by atomic mass is 35.5. The summed E-state index contributed by atoms with van der Waals surface area (Å²) in [6.45, 7) is 1.96. The van der Waals surface area contributed by atoms with Crippen molar-refractivity contribution in [3.63, 3.8) is 0 Å². The van der Waals surface area contributed by atoms with Gasteiger partial charge in [0.25, 0.3) is 0 Å². The van der Waals surface area contributed by atoms with E-state index < -0.39 is 0 Å². The van der Waals surface area contributed by atoms with Crippen molar-refractivity contribution in [1.29, 1.82) is 0 Å². The summed E-state index contributed by atoms with van der Waals surface area (Å²) >= 11 is 7.56. The maximum atomic E-state index is 6.00. The van der Waals surface area contributed by atoms with E-state index in [9.17, 15) is 0 Å². The fourth-order valence-electron chi connectivity index (χ4n) is 2.94. The molecule has 0 N–H and O–H groups in total. The number of aryl methyl sites for hydroxylation is 1. The normalized spacial score (nSPS) is 11.5. The largest absolute Gasteiger partial charge is 0.237 e. The lowest BCUT2D eigenvalue weighted by molar-refractivity contribution is 0.987. The Kier molecular flexibility index (Phi) is 3.48. The van der Waals surface area contributed by atoms with Crippen LogP contribution < -0.4 is 0 Å². The van der Waals surface area contributed by atoms with Crippen molar-refractivity contribution in [2.75, 3.05) is 0 Å². The molecule has 4 heterocycles. The second kappa shape index (κ2) is 5.86. The van der Waals surface area contributed by atoms with Gasteiger partial charge in [-0.25, -0.2) is 14.5 Å². The number of thiazole rings is 1. The number of fused-ring (bicyclic) bond motifs is 2. The zero-order valence-electron chi connectivity index (χ0n) is 13.7. The number of rotatable bonds is 2. The van der Waals surface area contributed by atoms with E-state index in [4.69, 9.17) is 21.7 Å². The number of benzene rings is 1. The number of hydrogen-bond acceptors (Lipinski definition) is 5. The first kappa shape index (κ1) is 15.4. The third-order valence-electron chi connectivity index (χ3n) is 4.24. The van der Waals surface area contributed by atoms with Crippen molar-refractivity contribution in [2.45, 2.75) is 6.92 Å². The quantitative estimate of drug-likeness (QED) is 0.433. The maximum absolute atomic E-state index is 6.00. The molecule has 0 spiro atoms. The Morgan fingerprint density at radius 1 is 1.08 bits per heavy atom. The second-order valence-corrected chi connectivity index (χ2v) is 7.20. The molecule has 0 aliphatic heterocycles. The summed E-state index contributed by atoms with van der Waals surface area (Å²) in [7, 11) is 0. The van der Waals surface area contributed by atoms with E-state index in [2.05, 4.69) is 15.3 Å². The van der Waals surface area contributed by atoms with Gasteiger partial charge in [0.15, 0.2) is 11.5 Å². The Morgan fingerprint density at radius 2 is 1.92 bits per heavy atom. The standard InChI is InChI=1S/C19H12ClN5S/c1-11-15(9-13-3-2-8-21-17(13)22-11)18-23-19-25(24-18)16(10-26-19)12-4-6-14(20)7-5-12/h2-10H,1H3. The average Bonchev–Trinajstić information content (AvgIpc) is 3.22. The van der Waals surface area contributed by atoms with Crippen LogP contribution in [0.2, 0.25) is 5.02 Å². The molecule has 0 saturated carbocycles. The minimum Gasteiger partial charge on any atom is -0.237 e. The Balaban J connectivity index is 1.67. The second-order valence-electron chi connectivity index (χ2n) is 5.93. The first-order valence-electron chi connectivity index (χ1n) is 8.02. The molecule has 0 bridgehead atoms. The molecule has 5 rings (SSSR count). The topological polar surface area (TPSA) is 56.0 Å². The van der Waals surface area contributed by atoms with Gasteiger partial charge >= 0.3 is 0 Å². The van der Waals surface area contributed by atoms with E-state index in [1.54, 1.807) is 17.5 Å². The van der Waals surface area contributed by atoms with Gasteiger partial charge in [-0.2, -0.15) is 4.98 Å². The van der Waals surface area contributed by atoms with Crippen LogP contribution in [0.25, 0.3) is 38.6 Å². The summed E-state index contributed by atoms with van der Waals surface area (Å²) in [5.74, 6) is 0.669. The fourth-order valence-corrected chi connectivity index (χ4v) is 3.89. The predicted octanol–water partition coefficient (Wildman–Crippen LogP) is 5.03. The molecule has 0 amide bonds. The zero-order valence-corrected chi connectivity index (χ0v) is 15.3. The molecular weight excluding hydrogens is 366 g/mol. The van der Waals surface area contributed by atoms with Gasteiger partial charge in [-0.1, -0.05) is 23.7 Å². The highest BCUT2D eigenvalue weighted by molar-refractivity contribution is 7.15. The van der Waals surface area contributed by atoms with Crippen LogP contribution in [0.4, 0.5) is 0 Å². The van der Waals surface area contributed by atoms with Crippen molar-refractivity contribution in [2.24, 2.45) is 0 Å². The molecule has 5 aromatic rings. The molecule has 0 aliphatic rings. The molecule has 0 aliphatic carbocycles. The molecule has 0 fully saturated rings. The van der Waals surface area contributed by atoms with E-state index in [1.165, 1.54) is 0 Å². The van der Waals surface area contributed by atoms with Crippen LogP contribution in [0.5, 0.6) is 0 Å². The molecule has 0 unspecified atom stereocenters. The van der Waals surface area contributed by atoms with Gasteiger partial charge in [0.05, 0.1) is 11.4 Å². The molecule has 4 aromatic heterocycles. The summed E-state index contributed by atoms with van der Waals surface area (Å²) in [5, 5.41) is 8.48. The molecule has 7 heteroatoms. The smallest absolute Gasteiger partial charge is 0.213 e. The molecule has 1 aromatic carbocycles. The van der Waals surface area contributed by atoms with E-state index >= 15 is 0 Å². The monoisotopic (exact) mass is 377 g/mol. The Hall–Kier alpha value is -2.83. The lowest BCUT2D eigenvalue weighted by atomic mass is 10.1. The van der Waals surface area contributed by atoms with Crippen molar-refractivity contribution >= 4 is 38.9 Å². The first-order valence-corrected chi connectivity index (χ1v) is 9.28. The van der Waals surface area contributed by atoms with Gasteiger partial charge in [-0.3, -0.25) is 0 Å². The van der Waals surface area contributed by atoms with Crippen LogP contribution >= 0.6 is 22.9 Å². The number of hydrogen-bond donors (Lipinski definition) is 0. The van der Waals surface area contributed by atoms with Crippen LogP contribution in [-0.2, 0) is 0 Å². The van der Waals surface area contributed by atoms with E-state index in [1.807, 2.05) is 53.9 Å². The van der Waals surface area contributed by atoms with Crippen molar-refractivity contribution in [3.05, 3.63) is 64.8 Å². The average molecular weight is 378 g/mol. The number of pyridine rings is 2. The minimum atomic E-state index is 0.669. The van der Waals surface area contributed by atoms with Crippen LogP contribution in [0.3, 0.4) is 0 Å². The number of aromatic nitrogens is 5. The van der Waals surface area contributed by atoms with Gasteiger partial charge in [-0.15, -0.1) is 16.4 Å². The van der Waals surface area contributed by atoms with Gasteiger partial charge in [0.2, 0.25) is 4.96 Å². The van der Waals surface area contributed by atoms with Crippen molar-refractivity contribution in [3.8, 4) is 22.6 Å². The highest BCUT2D eigenvalue weighted by Gasteiger charge is 2.15. The lowest BCUT2D eigenvalue weighted by Crippen LogP contribution is -1.94. The third-order valence-corrected chi connectivity index (χ3v) is 5.31. The van der Waals surface area contributed by atoms with Gasteiger partial charge in [0.1, 0.15) is 0 Å². The molecule has 126 valence electrons. The highest BCUT2D eigenvalue weighted by Crippen LogP contribution is 2.29. The van der Waals surface area contributed by atoms with Crippen LogP contribution in [0.15, 0.2) is 54.0 Å². The Bertz CT molecular complexity index is 1260. The first-order chi connectivity index (χ1) is 12.7. The van der Waals surface area contributed by atoms with Gasteiger partial charge in [-0.05, 0) is 37.3 Å². The van der Waals surface area contributed by atoms with Crippen LogP contribution in [0, 0.1) is 6.92 Å². The van der Waals surface area contributed by atoms with Gasteiger partial charge < -0.3 is 0 Å². The third kappa shape index (κ3) is 2.46. The van der Waals surface area contributed by atoms with Gasteiger partial charge in [0, 0.05) is 33.1 Å². The molecule has 0 atom stereocenters. The van der Waals surface area contributed by atoms with Crippen molar-refractivity contribution < 1.29 is 0 Å². The zero-order chi connectivity index (χ0) is 17.7. The fraction of sp³-hybridized carbons (Fsp3) is 0.0526. The Morgan fingerprint density at radius 3 is 2.77 bits per heavy atom. The Labute approximate surface area is 158 Å². The van der Waals surface area contributed by atoms with Crippen LogP contribution in [-0.4, -0.2) is 24.6 Å². The molecule has 0 saturated heterocycles. The molecule has 26 heavy (non-hydrogen) atoms. The predicted molar refractivity (Wildman–Crippen MR) is 105 cm³/mol. The van der Waals surface area contributed by atoms with E-state index in [0.717, 1.165) is 38.5 Å². The summed E-state index contributed by atoms with van der Waals surface area (Å²) < 4.78 is 1.87. The lowest BCUT2D eigenvalue weighted by Gasteiger charge is -2.03. The SMILES string of the molecule is Cc1nc2ncccc2cc1-c1nc2scc(-c3ccc(Cl)cc3)n2n1. The number of halogens is 1.